The third kappa shape index (κ3) is 3.08. The lowest BCUT2D eigenvalue weighted by Crippen LogP contribution is -2.36. The first kappa shape index (κ1) is 13.5. The monoisotopic (exact) mass is 253 g/mol. The van der Waals surface area contributed by atoms with Crippen LogP contribution in [0, 0.1) is 17.0 Å². The first-order chi connectivity index (χ1) is 8.65. The summed E-state index contributed by atoms with van der Waals surface area (Å²) < 4.78 is 26.7. The molecule has 1 aromatic carbocycles. The summed E-state index contributed by atoms with van der Waals surface area (Å²) in [6.45, 7) is 0.907. The van der Waals surface area contributed by atoms with Crippen molar-refractivity contribution in [1.82, 2.24) is 5.32 Å². The fourth-order valence-corrected chi connectivity index (χ4v) is 3.16. The van der Waals surface area contributed by atoms with Crippen molar-refractivity contribution in [3.8, 4) is 0 Å². The molecule has 0 aliphatic heterocycles. The predicted octanol–water partition coefficient (Wildman–Crippen LogP) is 3.68. The molecule has 3 heteroatoms. The normalized spacial score (nSPS) is 18.8. The maximum absolute atomic E-state index is 13.8. The molecule has 1 fully saturated rings. The molecule has 1 aliphatic rings. The van der Waals surface area contributed by atoms with Gasteiger partial charge < -0.3 is 5.32 Å². The molecule has 0 radical (unpaired) electrons. The summed E-state index contributed by atoms with van der Waals surface area (Å²) in [5.74, 6) is -0.904. The number of hydrogen-bond acceptors (Lipinski definition) is 1. The van der Waals surface area contributed by atoms with E-state index in [4.69, 9.17) is 0 Å². The van der Waals surface area contributed by atoms with Crippen molar-refractivity contribution in [1.29, 1.82) is 0 Å². The summed E-state index contributed by atoms with van der Waals surface area (Å²) in [6, 6.07) is 3.94. The summed E-state index contributed by atoms with van der Waals surface area (Å²) in [4.78, 5) is 0. The van der Waals surface area contributed by atoms with E-state index in [1.165, 1.54) is 25.3 Å². The van der Waals surface area contributed by atoms with Crippen molar-refractivity contribution in [2.24, 2.45) is 5.41 Å². The topological polar surface area (TPSA) is 12.0 Å². The number of nitrogens with one attached hydrogen (secondary N) is 1. The Hall–Kier alpha value is -0.960. The molecule has 0 saturated heterocycles. The molecule has 18 heavy (non-hydrogen) atoms. The molecule has 0 heterocycles. The molecule has 0 unspecified atom stereocenters. The van der Waals surface area contributed by atoms with E-state index in [1.807, 2.05) is 7.05 Å². The van der Waals surface area contributed by atoms with E-state index < -0.39 is 11.6 Å². The van der Waals surface area contributed by atoms with Crippen LogP contribution in [0.4, 0.5) is 8.78 Å². The molecule has 1 N–H and O–H groups in total. The average Bonchev–Trinajstić information content (AvgIpc) is 2.34. The van der Waals surface area contributed by atoms with Crippen LogP contribution in [-0.2, 0) is 6.42 Å². The molecule has 100 valence electrons. The largest absolute Gasteiger partial charge is 0.319 e. The third-order valence-corrected chi connectivity index (χ3v) is 4.05. The number of hydrogen-bond donors (Lipinski definition) is 1. The standard InChI is InChI=1S/C15H21F2N/c1-18-11-15(7-3-2-4-8-15)10-12-5-6-13(16)9-14(12)17/h5-6,9,18H,2-4,7-8,10-11H2,1H3. The zero-order valence-corrected chi connectivity index (χ0v) is 10.9. The smallest absolute Gasteiger partial charge is 0.129 e. The zero-order chi connectivity index (χ0) is 13.0. The Labute approximate surface area is 108 Å². The Morgan fingerprint density at radius 3 is 2.50 bits per heavy atom. The van der Waals surface area contributed by atoms with E-state index in [0.717, 1.165) is 25.5 Å². The Balaban J connectivity index is 2.17. The highest BCUT2D eigenvalue weighted by Crippen LogP contribution is 2.39. The van der Waals surface area contributed by atoms with Gasteiger partial charge in [-0.25, -0.2) is 8.78 Å². The lowest BCUT2D eigenvalue weighted by molar-refractivity contribution is 0.183. The van der Waals surface area contributed by atoms with Crippen molar-refractivity contribution in [2.75, 3.05) is 13.6 Å². The van der Waals surface area contributed by atoms with Gasteiger partial charge in [-0.1, -0.05) is 25.3 Å². The summed E-state index contributed by atoms with van der Waals surface area (Å²) >= 11 is 0. The summed E-state index contributed by atoms with van der Waals surface area (Å²) in [5, 5.41) is 3.23. The highest BCUT2D eigenvalue weighted by atomic mass is 19.1. The van der Waals surface area contributed by atoms with Crippen LogP contribution in [0.1, 0.15) is 37.7 Å². The van der Waals surface area contributed by atoms with Gasteiger partial charge in [0.1, 0.15) is 11.6 Å². The van der Waals surface area contributed by atoms with E-state index in [0.29, 0.717) is 12.0 Å². The summed E-state index contributed by atoms with van der Waals surface area (Å²) in [5.41, 5.74) is 0.791. The van der Waals surface area contributed by atoms with Crippen LogP contribution >= 0.6 is 0 Å². The van der Waals surface area contributed by atoms with Gasteiger partial charge in [-0.05, 0) is 43.4 Å². The van der Waals surface area contributed by atoms with Gasteiger partial charge in [0.05, 0.1) is 0 Å². The molecule has 1 nitrogen and oxygen atoms in total. The predicted molar refractivity (Wildman–Crippen MR) is 69.5 cm³/mol. The summed E-state index contributed by atoms with van der Waals surface area (Å²) in [6.07, 6.45) is 6.67. The molecule has 1 aliphatic carbocycles. The van der Waals surface area contributed by atoms with Crippen molar-refractivity contribution in [3.63, 3.8) is 0 Å². The fraction of sp³-hybridized carbons (Fsp3) is 0.600. The highest BCUT2D eigenvalue weighted by Gasteiger charge is 2.32. The summed E-state index contributed by atoms with van der Waals surface area (Å²) in [7, 11) is 1.94. The lowest BCUT2D eigenvalue weighted by atomic mass is 9.70. The van der Waals surface area contributed by atoms with Gasteiger partial charge in [0.15, 0.2) is 0 Å². The quantitative estimate of drug-likeness (QED) is 0.863. The van der Waals surface area contributed by atoms with E-state index in [-0.39, 0.29) is 5.41 Å². The Kier molecular flexibility index (Phi) is 4.33. The minimum Gasteiger partial charge on any atom is -0.319 e. The van der Waals surface area contributed by atoms with Gasteiger partial charge in [-0.2, -0.15) is 0 Å². The maximum Gasteiger partial charge on any atom is 0.129 e. The van der Waals surface area contributed by atoms with Crippen LogP contribution < -0.4 is 5.32 Å². The molecule has 0 aromatic heterocycles. The second-order valence-corrected chi connectivity index (χ2v) is 5.50. The molecular weight excluding hydrogens is 232 g/mol. The van der Waals surface area contributed by atoms with Crippen LogP contribution in [0.2, 0.25) is 0 Å². The molecule has 0 atom stereocenters. The molecule has 1 saturated carbocycles. The van der Waals surface area contributed by atoms with Crippen LogP contribution in [0.25, 0.3) is 0 Å². The molecule has 1 aromatic rings. The zero-order valence-electron chi connectivity index (χ0n) is 10.9. The van der Waals surface area contributed by atoms with Crippen LogP contribution in [0.5, 0.6) is 0 Å². The van der Waals surface area contributed by atoms with Crippen LogP contribution in [-0.4, -0.2) is 13.6 Å². The maximum atomic E-state index is 13.8. The average molecular weight is 253 g/mol. The minimum absolute atomic E-state index is 0.145. The minimum atomic E-state index is -0.498. The second kappa shape index (κ2) is 5.79. The lowest BCUT2D eigenvalue weighted by Gasteiger charge is -2.37. The fourth-order valence-electron chi connectivity index (χ4n) is 3.16. The van der Waals surface area contributed by atoms with Gasteiger partial charge in [0.25, 0.3) is 0 Å². The van der Waals surface area contributed by atoms with Crippen molar-refractivity contribution < 1.29 is 8.78 Å². The Bertz CT molecular complexity index is 392. The Morgan fingerprint density at radius 2 is 1.89 bits per heavy atom. The number of halogens is 2. The molecule has 0 spiro atoms. The molecule has 0 amide bonds. The molecular formula is C15H21F2N. The van der Waals surface area contributed by atoms with E-state index in [9.17, 15) is 8.78 Å². The highest BCUT2D eigenvalue weighted by molar-refractivity contribution is 5.20. The van der Waals surface area contributed by atoms with Gasteiger partial charge in [0, 0.05) is 12.6 Å². The Morgan fingerprint density at radius 1 is 1.17 bits per heavy atom. The van der Waals surface area contributed by atoms with Crippen molar-refractivity contribution >= 4 is 0 Å². The van der Waals surface area contributed by atoms with Crippen molar-refractivity contribution in [2.45, 2.75) is 38.5 Å². The van der Waals surface area contributed by atoms with Crippen LogP contribution in [0.15, 0.2) is 18.2 Å². The van der Waals surface area contributed by atoms with E-state index >= 15 is 0 Å². The molecule has 0 bridgehead atoms. The third-order valence-electron chi connectivity index (χ3n) is 4.05. The first-order valence-electron chi connectivity index (χ1n) is 6.74. The number of benzene rings is 1. The number of rotatable bonds is 4. The molecule has 2 rings (SSSR count). The van der Waals surface area contributed by atoms with Gasteiger partial charge in [-0.3, -0.25) is 0 Å². The SMILES string of the molecule is CNCC1(Cc2ccc(F)cc2F)CCCCC1. The van der Waals surface area contributed by atoms with Gasteiger partial charge in [0.2, 0.25) is 0 Å². The van der Waals surface area contributed by atoms with E-state index in [1.54, 1.807) is 6.07 Å². The van der Waals surface area contributed by atoms with Gasteiger partial charge >= 0.3 is 0 Å². The first-order valence-corrected chi connectivity index (χ1v) is 6.74. The second-order valence-electron chi connectivity index (χ2n) is 5.50. The van der Waals surface area contributed by atoms with Crippen molar-refractivity contribution in [3.05, 3.63) is 35.4 Å². The van der Waals surface area contributed by atoms with E-state index in [2.05, 4.69) is 5.32 Å². The van der Waals surface area contributed by atoms with Gasteiger partial charge in [-0.15, -0.1) is 0 Å². The van der Waals surface area contributed by atoms with Crippen LogP contribution in [0.3, 0.4) is 0 Å².